The number of fused-ring (bicyclic) bond motifs is 2. The first-order valence-electron chi connectivity index (χ1n) is 9.43. The Morgan fingerprint density at radius 3 is 2.56 bits per heavy atom. The average molecular weight is 352 g/mol. The molecule has 3 rings (SSSR count). The highest BCUT2D eigenvalue weighted by atomic mass is 16.6. The molecule has 2 aliphatic carbocycles. The molecule has 1 heterocycles. The Labute approximate surface area is 150 Å². The van der Waals surface area contributed by atoms with Gasteiger partial charge in [0.25, 0.3) is 0 Å². The summed E-state index contributed by atoms with van der Waals surface area (Å²) < 4.78 is 11.6. The van der Waals surface area contributed by atoms with E-state index in [1.807, 2.05) is 27.7 Å². The minimum atomic E-state index is -0.961. The molecule has 3 fully saturated rings. The molecule has 0 bridgehead atoms. The van der Waals surface area contributed by atoms with Gasteiger partial charge in [-0.05, 0) is 45.4 Å². The molecule has 0 amide bonds. The molecule has 0 unspecified atom stereocenters. The summed E-state index contributed by atoms with van der Waals surface area (Å²) in [5.74, 6) is -0.498. The van der Waals surface area contributed by atoms with Gasteiger partial charge in [0.2, 0.25) is 0 Å². The first-order chi connectivity index (χ1) is 11.5. The molecule has 142 valence electrons. The summed E-state index contributed by atoms with van der Waals surface area (Å²) in [4.78, 5) is 12.4. The first kappa shape index (κ1) is 18.9. The normalized spacial score (nSPS) is 49.4. The summed E-state index contributed by atoms with van der Waals surface area (Å²) in [5, 5.41) is 22.6. The topological polar surface area (TPSA) is 79.3 Å². The number of esters is 1. The molecule has 3 aliphatic rings. The Hall–Kier alpha value is -0.910. The van der Waals surface area contributed by atoms with Gasteiger partial charge >= 0.3 is 5.97 Å². The van der Waals surface area contributed by atoms with E-state index >= 15 is 0 Å². The Morgan fingerprint density at radius 1 is 1.36 bits per heavy atom. The molecule has 5 nitrogen and oxygen atoms in total. The Balaban J connectivity index is 1.99. The fraction of sp³-hybridized carbons (Fsp3) is 0.850. The van der Waals surface area contributed by atoms with Crippen LogP contribution >= 0.6 is 0 Å². The van der Waals surface area contributed by atoms with E-state index in [2.05, 4.69) is 0 Å². The molecular formula is C20H32O5. The number of carbonyl (C=O) groups is 1. The van der Waals surface area contributed by atoms with Gasteiger partial charge in [-0.3, -0.25) is 0 Å². The van der Waals surface area contributed by atoms with Crippen LogP contribution in [0.4, 0.5) is 0 Å². The van der Waals surface area contributed by atoms with Gasteiger partial charge in [-0.25, -0.2) is 4.79 Å². The number of hydrogen-bond donors (Lipinski definition) is 2. The molecule has 1 aliphatic heterocycles. The molecule has 0 spiro atoms. The van der Waals surface area contributed by atoms with E-state index in [-0.39, 0.29) is 29.5 Å². The maximum atomic E-state index is 12.4. The number of rotatable bonds is 3. The SMILES string of the molecule is C/C=C(\C)C(=O)O[C@@H]1C[C@@](O)(C(C)C)[C@@H]2CC[C@@]3(C)O[C@H]3[C@@H](O)[C@]21C. The fourth-order valence-electron chi connectivity index (χ4n) is 5.14. The van der Waals surface area contributed by atoms with Crippen LogP contribution in [0.15, 0.2) is 11.6 Å². The van der Waals surface area contributed by atoms with Crippen LogP contribution in [0.5, 0.6) is 0 Å². The number of epoxide rings is 1. The smallest absolute Gasteiger partial charge is 0.333 e. The second kappa shape index (κ2) is 5.80. The van der Waals surface area contributed by atoms with Gasteiger partial charge in [-0.15, -0.1) is 0 Å². The van der Waals surface area contributed by atoms with E-state index in [4.69, 9.17) is 9.47 Å². The lowest BCUT2D eigenvalue weighted by Gasteiger charge is -2.42. The van der Waals surface area contributed by atoms with Crippen LogP contribution in [0.3, 0.4) is 0 Å². The van der Waals surface area contributed by atoms with Crippen molar-refractivity contribution in [2.45, 2.75) is 90.3 Å². The predicted octanol–water partition coefficient (Wildman–Crippen LogP) is 2.59. The lowest BCUT2D eigenvalue weighted by atomic mass is 9.67. The quantitative estimate of drug-likeness (QED) is 0.464. The van der Waals surface area contributed by atoms with Gasteiger partial charge < -0.3 is 19.7 Å². The third kappa shape index (κ3) is 2.58. The summed E-state index contributed by atoms with van der Waals surface area (Å²) in [6.07, 6.45) is 2.09. The van der Waals surface area contributed by atoms with E-state index in [0.717, 1.165) is 12.8 Å². The van der Waals surface area contributed by atoms with Crippen LogP contribution in [0.25, 0.3) is 0 Å². The summed E-state index contributed by atoms with van der Waals surface area (Å²) >= 11 is 0. The largest absolute Gasteiger partial charge is 0.458 e. The summed E-state index contributed by atoms with van der Waals surface area (Å²) in [7, 11) is 0. The highest BCUT2D eigenvalue weighted by Gasteiger charge is 2.72. The third-order valence-electron chi connectivity index (χ3n) is 7.36. The third-order valence-corrected chi connectivity index (χ3v) is 7.36. The number of hydrogen-bond acceptors (Lipinski definition) is 5. The molecule has 5 heteroatoms. The number of carbonyl (C=O) groups excluding carboxylic acids is 1. The van der Waals surface area contributed by atoms with Crippen LogP contribution in [-0.2, 0) is 14.3 Å². The van der Waals surface area contributed by atoms with E-state index in [0.29, 0.717) is 12.0 Å². The molecule has 0 radical (unpaired) electrons. The van der Waals surface area contributed by atoms with Gasteiger partial charge in [0.15, 0.2) is 0 Å². The molecular weight excluding hydrogens is 320 g/mol. The van der Waals surface area contributed by atoms with Gasteiger partial charge in [-0.2, -0.15) is 0 Å². The van der Waals surface area contributed by atoms with Crippen molar-refractivity contribution >= 4 is 5.97 Å². The minimum absolute atomic E-state index is 0.0127. The number of ether oxygens (including phenoxy) is 2. The molecule has 2 saturated carbocycles. The van der Waals surface area contributed by atoms with Crippen LogP contribution in [-0.4, -0.2) is 45.7 Å². The molecule has 25 heavy (non-hydrogen) atoms. The van der Waals surface area contributed by atoms with Crippen LogP contribution in [0.1, 0.15) is 60.8 Å². The highest BCUT2D eigenvalue weighted by Crippen LogP contribution is 2.63. The second-order valence-corrected chi connectivity index (χ2v) is 8.97. The predicted molar refractivity (Wildman–Crippen MR) is 93.8 cm³/mol. The zero-order valence-electron chi connectivity index (χ0n) is 16.2. The van der Waals surface area contributed by atoms with E-state index < -0.39 is 23.2 Å². The maximum Gasteiger partial charge on any atom is 0.333 e. The molecule has 0 aromatic carbocycles. The van der Waals surface area contributed by atoms with Crippen LogP contribution in [0.2, 0.25) is 0 Å². The maximum absolute atomic E-state index is 12.4. The number of allylic oxidation sites excluding steroid dienone is 1. The van der Waals surface area contributed by atoms with Crippen LogP contribution < -0.4 is 0 Å². The van der Waals surface area contributed by atoms with Gasteiger partial charge in [-0.1, -0.05) is 26.8 Å². The zero-order chi connectivity index (χ0) is 18.8. The zero-order valence-corrected chi connectivity index (χ0v) is 16.2. The summed E-state index contributed by atoms with van der Waals surface area (Å²) in [5.41, 5.74) is -1.46. The first-order valence-corrected chi connectivity index (χ1v) is 9.43. The van der Waals surface area contributed by atoms with Crippen molar-refractivity contribution in [3.63, 3.8) is 0 Å². The number of aliphatic hydroxyl groups is 2. The van der Waals surface area contributed by atoms with E-state index in [9.17, 15) is 15.0 Å². The molecule has 0 aromatic heterocycles. The van der Waals surface area contributed by atoms with Crippen molar-refractivity contribution in [2.24, 2.45) is 17.3 Å². The van der Waals surface area contributed by atoms with Crippen molar-refractivity contribution in [1.82, 2.24) is 0 Å². The van der Waals surface area contributed by atoms with Crippen molar-refractivity contribution < 1.29 is 24.5 Å². The van der Waals surface area contributed by atoms with E-state index in [1.165, 1.54) is 0 Å². The van der Waals surface area contributed by atoms with Gasteiger partial charge in [0.05, 0.1) is 17.3 Å². The monoisotopic (exact) mass is 352 g/mol. The lowest BCUT2D eigenvalue weighted by Crippen LogP contribution is -2.50. The van der Waals surface area contributed by atoms with Crippen molar-refractivity contribution in [3.8, 4) is 0 Å². The summed E-state index contributed by atoms with van der Waals surface area (Å²) in [6, 6.07) is 0. The fourth-order valence-corrected chi connectivity index (χ4v) is 5.14. The van der Waals surface area contributed by atoms with Gasteiger partial charge in [0.1, 0.15) is 12.2 Å². The van der Waals surface area contributed by atoms with Gasteiger partial charge in [0, 0.05) is 17.4 Å². The van der Waals surface area contributed by atoms with E-state index in [1.54, 1.807) is 19.9 Å². The average Bonchev–Trinajstić information content (AvgIpc) is 3.17. The Bertz CT molecular complexity index is 599. The lowest BCUT2D eigenvalue weighted by molar-refractivity contribution is -0.158. The second-order valence-electron chi connectivity index (χ2n) is 8.97. The summed E-state index contributed by atoms with van der Waals surface area (Å²) in [6.45, 7) is 11.5. The molecule has 1 saturated heterocycles. The Morgan fingerprint density at radius 2 is 2.00 bits per heavy atom. The standard InChI is InChI=1S/C20H32O5/c1-7-12(4)17(22)24-14-10-20(23,11(2)3)13-8-9-18(5)16(25-18)15(21)19(13,14)6/h7,11,13-16,21,23H,8-10H2,1-6H3/b12-7+/t13-,14-,15-,16+,18-,19-,20-/m1/s1. The van der Waals surface area contributed by atoms with Crippen LogP contribution in [0, 0.1) is 17.3 Å². The number of aliphatic hydroxyl groups excluding tert-OH is 1. The van der Waals surface area contributed by atoms with Crippen molar-refractivity contribution in [1.29, 1.82) is 0 Å². The molecule has 2 N–H and O–H groups in total. The van der Waals surface area contributed by atoms with Crippen molar-refractivity contribution in [2.75, 3.05) is 0 Å². The van der Waals surface area contributed by atoms with Crippen molar-refractivity contribution in [3.05, 3.63) is 11.6 Å². The molecule has 0 aromatic rings. The minimum Gasteiger partial charge on any atom is -0.458 e. The Kier molecular flexibility index (Phi) is 4.37. The molecule has 7 atom stereocenters. The highest BCUT2D eigenvalue weighted by molar-refractivity contribution is 5.87.